The Labute approximate surface area is 166 Å². The molecule has 0 spiro atoms. The number of carbonyl (C=O) groups is 1. The summed E-state index contributed by atoms with van der Waals surface area (Å²) in [6.07, 6.45) is 5.13. The second kappa shape index (κ2) is 9.55. The lowest BCUT2D eigenvalue weighted by atomic mass is 9.86. The Balaban J connectivity index is 1.59. The van der Waals surface area contributed by atoms with E-state index in [-0.39, 0.29) is 0 Å². The molecule has 3 rings (SSSR count). The van der Waals surface area contributed by atoms with Gasteiger partial charge in [-0.2, -0.15) is 0 Å². The molecular weight excluding hydrogens is 354 g/mol. The van der Waals surface area contributed by atoms with Crippen LogP contribution in [0.1, 0.15) is 36.9 Å². The highest BCUT2D eigenvalue weighted by Crippen LogP contribution is 2.28. The van der Waals surface area contributed by atoms with Crippen molar-refractivity contribution in [1.82, 2.24) is 15.6 Å². The number of hydrogen-bond donors (Lipinski definition) is 3. The van der Waals surface area contributed by atoms with Gasteiger partial charge < -0.3 is 20.5 Å². The van der Waals surface area contributed by atoms with Crippen molar-refractivity contribution in [2.24, 2.45) is 5.92 Å². The lowest BCUT2D eigenvalue weighted by molar-refractivity contribution is 0.189. The first kappa shape index (κ1) is 20.1. The number of nitrogens with zero attached hydrogens (tertiary/aromatic N) is 1. The minimum Gasteiger partial charge on any atom is -0.496 e. The van der Waals surface area contributed by atoms with Gasteiger partial charge in [-0.1, -0.05) is 6.07 Å². The van der Waals surface area contributed by atoms with Gasteiger partial charge in [0.15, 0.2) is 0 Å². The molecule has 0 aliphatic heterocycles. The molecule has 150 valence electrons. The summed E-state index contributed by atoms with van der Waals surface area (Å²) >= 11 is 0. The molecule has 0 saturated heterocycles. The van der Waals surface area contributed by atoms with Crippen LogP contribution < -0.4 is 15.4 Å². The van der Waals surface area contributed by atoms with Crippen LogP contribution in [0.5, 0.6) is 5.75 Å². The standard InChI is InChI=1S/C22H29N3O3/c1-15-11-18(9-10-23-15)17-5-8-21(28-2)19(12-17)14-24-20-6-3-16(4-7-20)13-25-22(26)27/h5,8-12,16,20,24-25H,3-4,6-7,13-14H2,1-2H3,(H,26,27). The number of benzene rings is 1. The van der Waals surface area contributed by atoms with Crippen LogP contribution in [-0.2, 0) is 6.54 Å². The Morgan fingerprint density at radius 2 is 1.93 bits per heavy atom. The number of methoxy groups -OCH3 is 1. The number of aromatic nitrogens is 1. The molecule has 28 heavy (non-hydrogen) atoms. The van der Waals surface area contributed by atoms with Crippen LogP contribution in [0.15, 0.2) is 36.5 Å². The van der Waals surface area contributed by atoms with Gasteiger partial charge in [-0.25, -0.2) is 4.79 Å². The van der Waals surface area contributed by atoms with Crippen molar-refractivity contribution < 1.29 is 14.6 Å². The molecule has 3 N–H and O–H groups in total. The first-order valence-electron chi connectivity index (χ1n) is 9.85. The monoisotopic (exact) mass is 383 g/mol. The van der Waals surface area contributed by atoms with Gasteiger partial charge in [0.2, 0.25) is 0 Å². The van der Waals surface area contributed by atoms with Gasteiger partial charge in [-0.3, -0.25) is 4.98 Å². The topological polar surface area (TPSA) is 83.5 Å². The van der Waals surface area contributed by atoms with Crippen LogP contribution in [0.25, 0.3) is 11.1 Å². The number of amides is 1. The normalized spacial score (nSPS) is 19.2. The van der Waals surface area contributed by atoms with Crippen LogP contribution in [0, 0.1) is 12.8 Å². The minimum absolute atomic E-state index is 0.446. The fraction of sp³-hybridized carbons (Fsp3) is 0.455. The van der Waals surface area contributed by atoms with E-state index in [1.54, 1.807) is 7.11 Å². The zero-order valence-electron chi connectivity index (χ0n) is 16.6. The Hall–Kier alpha value is -2.60. The fourth-order valence-electron chi connectivity index (χ4n) is 3.88. The summed E-state index contributed by atoms with van der Waals surface area (Å²) in [5.74, 6) is 1.34. The predicted molar refractivity (Wildman–Crippen MR) is 110 cm³/mol. The second-order valence-corrected chi connectivity index (χ2v) is 7.50. The second-order valence-electron chi connectivity index (χ2n) is 7.50. The van der Waals surface area contributed by atoms with Crippen LogP contribution in [0.2, 0.25) is 0 Å². The molecule has 1 aliphatic carbocycles. The molecule has 0 radical (unpaired) electrons. The maximum absolute atomic E-state index is 10.6. The van der Waals surface area contributed by atoms with Gasteiger partial charge in [0.25, 0.3) is 0 Å². The van der Waals surface area contributed by atoms with Gasteiger partial charge in [0.1, 0.15) is 5.75 Å². The van der Waals surface area contributed by atoms with Gasteiger partial charge >= 0.3 is 6.09 Å². The average molecular weight is 383 g/mol. The van der Waals surface area contributed by atoms with Crippen LogP contribution in [0.3, 0.4) is 0 Å². The highest BCUT2D eigenvalue weighted by Gasteiger charge is 2.21. The first-order chi connectivity index (χ1) is 13.5. The lowest BCUT2D eigenvalue weighted by Crippen LogP contribution is -2.36. The van der Waals surface area contributed by atoms with Crippen LogP contribution >= 0.6 is 0 Å². The molecule has 6 nitrogen and oxygen atoms in total. The van der Waals surface area contributed by atoms with Crippen molar-refractivity contribution in [3.8, 4) is 16.9 Å². The van der Waals surface area contributed by atoms with E-state index < -0.39 is 6.09 Å². The number of nitrogens with one attached hydrogen (secondary N) is 2. The maximum Gasteiger partial charge on any atom is 0.404 e. The molecule has 1 fully saturated rings. The Morgan fingerprint density at radius 3 is 2.61 bits per heavy atom. The van der Waals surface area contributed by atoms with E-state index in [1.807, 2.05) is 25.3 Å². The van der Waals surface area contributed by atoms with Crippen molar-refractivity contribution in [2.75, 3.05) is 13.7 Å². The summed E-state index contributed by atoms with van der Waals surface area (Å²) in [5, 5.41) is 14.9. The molecule has 1 amide bonds. The van der Waals surface area contributed by atoms with Crippen molar-refractivity contribution in [2.45, 2.75) is 45.2 Å². The van der Waals surface area contributed by atoms with E-state index in [1.165, 1.54) is 0 Å². The average Bonchev–Trinajstić information content (AvgIpc) is 2.71. The number of hydrogen-bond acceptors (Lipinski definition) is 4. The number of pyridine rings is 1. The largest absolute Gasteiger partial charge is 0.496 e. The minimum atomic E-state index is -0.934. The summed E-state index contributed by atoms with van der Waals surface area (Å²) < 4.78 is 5.56. The molecule has 1 aromatic heterocycles. The zero-order chi connectivity index (χ0) is 19.9. The number of ether oxygens (including phenoxy) is 1. The van der Waals surface area contributed by atoms with E-state index in [2.05, 4.69) is 33.8 Å². The molecule has 6 heteroatoms. The molecule has 2 aromatic rings. The maximum atomic E-state index is 10.6. The van der Waals surface area contributed by atoms with E-state index in [9.17, 15) is 4.79 Å². The summed E-state index contributed by atoms with van der Waals surface area (Å²) in [7, 11) is 1.70. The smallest absolute Gasteiger partial charge is 0.404 e. The van der Waals surface area contributed by atoms with Gasteiger partial charge in [0.05, 0.1) is 7.11 Å². The zero-order valence-corrected chi connectivity index (χ0v) is 16.6. The van der Waals surface area contributed by atoms with E-state index in [0.29, 0.717) is 18.5 Å². The molecule has 1 aromatic carbocycles. The summed E-state index contributed by atoms with van der Waals surface area (Å²) in [4.78, 5) is 14.9. The third kappa shape index (κ3) is 5.45. The van der Waals surface area contributed by atoms with E-state index >= 15 is 0 Å². The highest BCUT2D eigenvalue weighted by atomic mass is 16.5. The molecule has 0 unspecified atom stereocenters. The van der Waals surface area contributed by atoms with Gasteiger partial charge in [-0.15, -0.1) is 0 Å². The molecule has 1 aliphatic rings. The summed E-state index contributed by atoms with van der Waals surface area (Å²) in [6, 6.07) is 10.9. The Kier molecular flexibility index (Phi) is 6.87. The predicted octanol–water partition coefficient (Wildman–Crippen LogP) is 3.98. The molecule has 1 heterocycles. The SMILES string of the molecule is COc1ccc(-c2ccnc(C)c2)cc1CNC1CCC(CNC(=O)O)CC1. The van der Waals surface area contributed by atoms with E-state index in [4.69, 9.17) is 9.84 Å². The molecule has 0 bridgehead atoms. The lowest BCUT2D eigenvalue weighted by Gasteiger charge is -2.29. The highest BCUT2D eigenvalue weighted by molar-refractivity contribution is 5.66. The first-order valence-corrected chi connectivity index (χ1v) is 9.85. The third-order valence-electron chi connectivity index (χ3n) is 5.48. The van der Waals surface area contributed by atoms with Crippen molar-refractivity contribution in [3.63, 3.8) is 0 Å². The quantitative estimate of drug-likeness (QED) is 0.673. The molecular formula is C22H29N3O3. The van der Waals surface area contributed by atoms with Gasteiger partial charge in [-0.05, 0) is 73.9 Å². The Bertz CT molecular complexity index is 801. The number of rotatable bonds is 7. The Morgan fingerprint density at radius 1 is 1.18 bits per heavy atom. The number of carboxylic acid groups (broad SMARTS) is 1. The summed E-state index contributed by atoms with van der Waals surface area (Å²) in [6.45, 7) is 3.31. The molecule has 0 atom stereocenters. The fourth-order valence-corrected chi connectivity index (χ4v) is 3.88. The van der Waals surface area contributed by atoms with Crippen molar-refractivity contribution in [1.29, 1.82) is 0 Å². The van der Waals surface area contributed by atoms with Gasteiger partial charge in [0, 0.05) is 36.6 Å². The van der Waals surface area contributed by atoms with Crippen molar-refractivity contribution >= 4 is 6.09 Å². The van der Waals surface area contributed by atoms with Crippen LogP contribution in [0.4, 0.5) is 4.79 Å². The van der Waals surface area contributed by atoms with E-state index in [0.717, 1.165) is 60.4 Å². The van der Waals surface area contributed by atoms with Crippen molar-refractivity contribution in [3.05, 3.63) is 47.8 Å². The third-order valence-corrected chi connectivity index (χ3v) is 5.48. The van der Waals surface area contributed by atoms with Crippen LogP contribution in [-0.4, -0.2) is 35.9 Å². The molecule has 1 saturated carbocycles. The summed E-state index contributed by atoms with van der Waals surface area (Å²) in [5.41, 5.74) is 4.46. The number of aryl methyl sites for hydroxylation is 1.